The first-order valence-electron chi connectivity index (χ1n) is 4.13. The van der Waals surface area contributed by atoms with Gasteiger partial charge in [0.15, 0.2) is 5.82 Å². The molecule has 2 rings (SSSR count). The molecule has 72 valence electrons. The Bertz CT molecular complexity index is 464. The third-order valence-electron chi connectivity index (χ3n) is 2.01. The molecule has 14 heavy (non-hydrogen) atoms. The van der Waals surface area contributed by atoms with E-state index in [2.05, 4.69) is 10.3 Å². The van der Waals surface area contributed by atoms with Crippen LogP contribution in [0, 0.1) is 12.7 Å². The highest BCUT2D eigenvalue weighted by Gasteiger charge is 2.09. The number of rotatable bonds is 1. The van der Waals surface area contributed by atoms with Gasteiger partial charge >= 0.3 is 0 Å². The van der Waals surface area contributed by atoms with Crippen molar-refractivity contribution in [1.29, 1.82) is 0 Å². The lowest BCUT2D eigenvalue weighted by Gasteiger charge is -2.03. The molecule has 0 radical (unpaired) electrons. The van der Waals surface area contributed by atoms with Crippen LogP contribution in [0.1, 0.15) is 5.69 Å². The molecule has 0 aliphatic heterocycles. The fourth-order valence-electron chi connectivity index (χ4n) is 1.19. The summed E-state index contributed by atoms with van der Waals surface area (Å²) in [6, 6.07) is 6.34. The van der Waals surface area contributed by atoms with E-state index in [4.69, 9.17) is 5.73 Å². The van der Waals surface area contributed by atoms with E-state index in [1.165, 1.54) is 10.7 Å². The van der Waals surface area contributed by atoms with Gasteiger partial charge in [0.1, 0.15) is 11.5 Å². The second-order valence-electron chi connectivity index (χ2n) is 2.92. The van der Waals surface area contributed by atoms with Crippen molar-refractivity contribution in [2.75, 3.05) is 5.73 Å². The fourth-order valence-corrected chi connectivity index (χ4v) is 1.19. The molecule has 0 unspecified atom stereocenters. The van der Waals surface area contributed by atoms with Crippen molar-refractivity contribution >= 4 is 5.82 Å². The highest BCUT2D eigenvalue weighted by atomic mass is 19.1. The number of para-hydroxylation sites is 1. The number of nitrogens with two attached hydrogens (primary N) is 1. The molecule has 0 fully saturated rings. The average molecular weight is 192 g/mol. The summed E-state index contributed by atoms with van der Waals surface area (Å²) < 4.78 is 14.7. The van der Waals surface area contributed by atoms with Gasteiger partial charge < -0.3 is 5.73 Å². The summed E-state index contributed by atoms with van der Waals surface area (Å²) in [5, 5.41) is 7.41. The van der Waals surface area contributed by atoms with Crippen molar-refractivity contribution in [1.82, 2.24) is 15.0 Å². The maximum Gasteiger partial charge on any atom is 0.169 e. The molecule has 1 aromatic heterocycles. The molecule has 0 amide bonds. The third-order valence-corrected chi connectivity index (χ3v) is 2.01. The van der Waals surface area contributed by atoms with Gasteiger partial charge in [-0.2, -0.15) is 0 Å². The Kier molecular flexibility index (Phi) is 1.92. The fraction of sp³-hybridized carbons (Fsp3) is 0.111. The van der Waals surface area contributed by atoms with Gasteiger partial charge in [0.05, 0.1) is 5.69 Å². The largest absolute Gasteiger partial charge is 0.381 e. The van der Waals surface area contributed by atoms with Crippen LogP contribution >= 0.6 is 0 Å². The predicted molar refractivity (Wildman–Crippen MR) is 50.5 cm³/mol. The first kappa shape index (κ1) is 8.68. The Morgan fingerprint density at radius 1 is 1.36 bits per heavy atom. The number of aromatic nitrogens is 3. The van der Waals surface area contributed by atoms with Crippen LogP contribution in [0.15, 0.2) is 24.3 Å². The van der Waals surface area contributed by atoms with Gasteiger partial charge in [-0.3, -0.25) is 0 Å². The lowest BCUT2D eigenvalue weighted by molar-refractivity contribution is 0.604. The van der Waals surface area contributed by atoms with Gasteiger partial charge in [0, 0.05) is 0 Å². The first-order chi connectivity index (χ1) is 6.70. The van der Waals surface area contributed by atoms with E-state index in [1.54, 1.807) is 25.1 Å². The summed E-state index contributed by atoms with van der Waals surface area (Å²) in [7, 11) is 0. The third kappa shape index (κ3) is 1.22. The van der Waals surface area contributed by atoms with E-state index in [0.29, 0.717) is 17.2 Å². The van der Waals surface area contributed by atoms with Crippen molar-refractivity contribution in [3.05, 3.63) is 35.8 Å². The first-order valence-corrected chi connectivity index (χ1v) is 4.13. The Hall–Kier alpha value is -1.91. The molecule has 0 aliphatic rings. The topological polar surface area (TPSA) is 56.7 Å². The molecule has 1 aromatic carbocycles. The van der Waals surface area contributed by atoms with Crippen LogP contribution < -0.4 is 5.73 Å². The van der Waals surface area contributed by atoms with E-state index in [0.717, 1.165) is 0 Å². The zero-order valence-corrected chi connectivity index (χ0v) is 7.61. The number of nitrogens with zero attached hydrogens (tertiary/aromatic N) is 3. The zero-order valence-electron chi connectivity index (χ0n) is 7.61. The highest BCUT2D eigenvalue weighted by molar-refractivity contribution is 5.40. The molecule has 0 atom stereocenters. The number of anilines is 1. The van der Waals surface area contributed by atoms with E-state index in [-0.39, 0.29) is 5.82 Å². The van der Waals surface area contributed by atoms with Gasteiger partial charge in [0.2, 0.25) is 0 Å². The minimum atomic E-state index is -0.347. The molecular weight excluding hydrogens is 183 g/mol. The summed E-state index contributed by atoms with van der Waals surface area (Å²) in [4.78, 5) is 0. The predicted octanol–water partition coefficient (Wildman–Crippen LogP) is 1.30. The lowest BCUT2D eigenvalue weighted by atomic mass is 10.3. The van der Waals surface area contributed by atoms with Crippen LogP contribution in [0.5, 0.6) is 0 Å². The average Bonchev–Trinajstić information content (AvgIpc) is 2.49. The molecular formula is C9H9FN4. The second-order valence-corrected chi connectivity index (χ2v) is 2.92. The molecule has 2 N–H and O–H groups in total. The maximum atomic E-state index is 13.3. The standard InChI is InChI=1S/C9H9FN4/c1-6-9(11)12-13-14(6)8-5-3-2-4-7(8)10/h2-5H,11H2,1H3. The van der Waals surface area contributed by atoms with Gasteiger partial charge in [-0.1, -0.05) is 17.3 Å². The molecule has 1 heterocycles. The normalized spacial score (nSPS) is 10.4. The van der Waals surface area contributed by atoms with Crippen LogP contribution in [0.25, 0.3) is 5.69 Å². The smallest absolute Gasteiger partial charge is 0.169 e. The van der Waals surface area contributed by atoms with Crippen molar-refractivity contribution in [2.24, 2.45) is 0 Å². The summed E-state index contributed by atoms with van der Waals surface area (Å²) in [5.74, 6) is -0.0336. The molecule has 2 aromatic rings. The van der Waals surface area contributed by atoms with Gasteiger partial charge in [-0.05, 0) is 19.1 Å². The quantitative estimate of drug-likeness (QED) is 0.740. The molecule has 0 saturated carbocycles. The Morgan fingerprint density at radius 3 is 2.64 bits per heavy atom. The second kappa shape index (κ2) is 3.10. The van der Waals surface area contributed by atoms with Gasteiger partial charge in [0.25, 0.3) is 0 Å². The van der Waals surface area contributed by atoms with Crippen molar-refractivity contribution < 1.29 is 4.39 Å². The summed E-state index contributed by atoms with van der Waals surface area (Å²) >= 11 is 0. The maximum absolute atomic E-state index is 13.3. The van der Waals surface area contributed by atoms with Crippen LogP contribution in [0.2, 0.25) is 0 Å². The minimum Gasteiger partial charge on any atom is -0.381 e. The SMILES string of the molecule is Cc1c(N)nnn1-c1ccccc1F. The Labute approximate surface area is 80.2 Å². The van der Waals surface area contributed by atoms with Crippen LogP contribution in [-0.2, 0) is 0 Å². The summed E-state index contributed by atoms with van der Waals surface area (Å²) in [6.45, 7) is 1.74. The minimum absolute atomic E-state index is 0.313. The van der Waals surface area contributed by atoms with Gasteiger partial charge in [-0.15, -0.1) is 5.10 Å². The molecule has 4 nitrogen and oxygen atoms in total. The van der Waals surface area contributed by atoms with Crippen molar-refractivity contribution in [2.45, 2.75) is 6.92 Å². The zero-order chi connectivity index (χ0) is 10.1. The lowest BCUT2D eigenvalue weighted by Crippen LogP contribution is -2.02. The highest BCUT2D eigenvalue weighted by Crippen LogP contribution is 2.15. The van der Waals surface area contributed by atoms with Crippen LogP contribution in [-0.4, -0.2) is 15.0 Å². The molecule has 5 heteroatoms. The van der Waals surface area contributed by atoms with Crippen LogP contribution in [0.4, 0.5) is 10.2 Å². The number of hydrogen-bond acceptors (Lipinski definition) is 3. The summed E-state index contributed by atoms with van der Waals surface area (Å²) in [5.41, 5.74) is 6.50. The Morgan fingerprint density at radius 2 is 2.07 bits per heavy atom. The molecule has 0 aliphatic carbocycles. The van der Waals surface area contributed by atoms with Crippen molar-refractivity contribution in [3.8, 4) is 5.69 Å². The Balaban J connectivity index is 2.60. The van der Waals surface area contributed by atoms with E-state index < -0.39 is 0 Å². The van der Waals surface area contributed by atoms with Crippen molar-refractivity contribution in [3.63, 3.8) is 0 Å². The monoisotopic (exact) mass is 192 g/mol. The van der Waals surface area contributed by atoms with Crippen LogP contribution in [0.3, 0.4) is 0 Å². The van der Waals surface area contributed by atoms with Gasteiger partial charge in [-0.25, -0.2) is 9.07 Å². The number of nitrogen functional groups attached to an aromatic ring is 1. The molecule has 0 spiro atoms. The summed E-state index contributed by atoms with van der Waals surface area (Å²) in [6.07, 6.45) is 0. The van der Waals surface area contributed by atoms with E-state index in [9.17, 15) is 4.39 Å². The number of hydrogen-bond donors (Lipinski definition) is 1. The molecule has 0 saturated heterocycles. The van der Waals surface area contributed by atoms with E-state index in [1.807, 2.05) is 0 Å². The number of benzene rings is 1. The molecule has 0 bridgehead atoms. The number of halogens is 1. The van der Waals surface area contributed by atoms with E-state index >= 15 is 0 Å².